The van der Waals surface area contributed by atoms with E-state index in [1.54, 1.807) is 0 Å². The molecule has 0 aromatic heterocycles. The Labute approximate surface area is 74.9 Å². The van der Waals surface area contributed by atoms with Gasteiger partial charge in [-0.05, 0) is 21.1 Å². The first-order valence-electron chi connectivity index (χ1n) is 2.86. The van der Waals surface area contributed by atoms with Gasteiger partial charge < -0.3 is 11.1 Å². The van der Waals surface area contributed by atoms with Crippen molar-refractivity contribution in [2.45, 2.75) is 5.51 Å². The van der Waals surface area contributed by atoms with E-state index < -0.39 is 15.6 Å². The molecule has 0 aliphatic heterocycles. The predicted octanol–water partition coefficient (Wildman–Crippen LogP) is -0.196. The van der Waals surface area contributed by atoms with Crippen molar-refractivity contribution in [1.29, 1.82) is 0 Å². The lowest BCUT2D eigenvalue weighted by molar-refractivity contribution is -0.0510. The monoisotopic (exact) mass is 226 g/mol. The predicted molar refractivity (Wildman–Crippen MR) is 42.7 cm³/mol. The van der Waals surface area contributed by atoms with Gasteiger partial charge in [0.2, 0.25) is 0 Å². The maximum Gasteiger partial charge on any atom is 0.522 e. The van der Waals surface area contributed by atoms with Gasteiger partial charge in [-0.25, -0.2) is 0 Å². The molecule has 5 nitrogen and oxygen atoms in total. The number of nitrogens with one attached hydrogen (secondary N) is 1. The highest BCUT2D eigenvalue weighted by Gasteiger charge is 2.44. The van der Waals surface area contributed by atoms with Crippen molar-refractivity contribution >= 4 is 10.1 Å². The largest absolute Gasteiger partial charge is 0.522 e. The van der Waals surface area contributed by atoms with Crippen LogP contribution in [0, 0.1) is 0 Å². The van der Waals surface area contributed by atoms with Gasteiger partial charge in [0.25, 0.3) is 0 Å². The summed E-state index contributed by atoms with van der Waals surface area (Å²) in [6, 6.07) is 0. The van der Waals surface area contributed by atoms with E-state index in [9.17, 15) is 13.2 Å². The van der Waals surface area contributed by atoms with Crippen LogP contribution in [0.1, 0.15) is 0 Å². The van der Waals surface area contributed by atoms with Gasteiger partial charge in [-0.2, -0.15) is 21.6 Å². The summed E-state index contributed by atoms with van der Waals surface area (Å²) in [6.07, 6.45) is 0. The van der Waals surface area contributed by atoms with E-state index in [-0.39, 0.29) is 0 Å². The minimum Gasteiger partial charge on any atom is -0.333 e. The van der Waals surface area contributed by atoms with Gasteiger partial charge in [0.15, 0.2) is 0 Å². The van der Waals surface area contributed by atoms with Crippen molar-refractivity contribution in [2.24, 2.45) is 5.73 Å². The Kier molecular flexibility index (Phi) is 11.7. The van der Waals surface area contributed by atoms with Crippen LogP contribution in [0.5, 0.6) is 0 Å². The molecule has 0 radical (unpaired) electrons. The highest BCUT2D eigenvalue weighted by atomic mass is 32.2. The molecule has 84 valence electrons. The van der Waals surface area contributed by atoms with Crippen molar-refractivity contribution in [3.05, 3.63) is 0 Å². The number of rotatable bonds is 0. The zero-order valence-corrected chi connectivity index (χ0v) is 8.20. The lowest BCUT2D eigenvalue weighted by atomic mass is 11.3. The summed E-state index contributed by atoms with van der Waals surface area (Å²) in [6.45, 7) is 0. The second-order valence-corrected chi connectivity index (χ2v) is 2.83. The topological polar surface area (TPSA) is 92.4 Å². The van der Waals surface area contributed by atoms with E-state index in [0.717, 1.165) is 0 Å². The van der Waals surface area contributed by atoms with Crippen LogP contribution in [-0.2, 0) is 10.1 Å². The molecule has 4 N–H and O–H groups in total. The standard InChI is InChI=1S/C2H7N.CHF3O3S.CH5N/c1-3-2;2-1(3,4)8(5,6)7;1-2/h3H,1-2H3;(H,5,6,7);2H2,1H3. The van der Waals surface area contributed by atoms with Gasteiger partial charge in [0.05, 0.1) is 0 Å². The summed E-state index contributed by atoms with van der Waals surface area (Å²) in [7, 11) is -0.590. The Bertz CT molecular complexity index is 189. The van der Waals surface area contributed by atoms with Gasteiger partial charge in [-0.3, -0.25) is 4.55 Å². The maximum absolute atomic E-state index is 10.7. The first kappa shape index (κ1) is 18.4. The molecule has 0 unspecified atom stereocenters. The van der Waals surface area contributed by atoms with Crippen LogP contribution >= 0.6 is 0 Å². The molecule has 0 spiro atoms. The van der Waals surface area contributed by atoms with Gasteiger partial charge >= 0.3 is 15.6 Å². The van der Waals surface area contributed by atoms with Crippen LogP contribution < -0.4 is 11.1 Å². The Morgan fingerprint density at radius 1 is 1.23 bits per heavy atom. The number of halogens is 3. The zero-order valence-electron chi connectivity index (χ0n) is 7.38. The van der Waals surface area contributed by atoms with Crippen LogP contribution in [0.25, 0.3) is 0 Å². The van der Waals surface area contributed by atoms with Gasteiger partial charge in [-0.1, -0.05) is 0 Å². The summed E-state index contributed by atoms with van der Waals surface area (Å²) in [4.78, 5) is 0. The number of hydrogen-bond donors (Lipinski definition) is 3. The van der Waals surface area contributed by atoms with E-state index >= 15 is 0 Å². The summed E-state index contributed by atoms with van der Waals surface area (Å²) in [5.74, 6) is 0. The van der Waals surface area contributed by atoms with Crippen molar-refractivity contribution in [1.82, 2.24) is 5.32 Å². The van der Waals surface area contributed by atoms with Gasteiger partial charge in [-0.15, -0.1) is 0 Å². The fourth-order valence-corrected chi connectivity index (χ4v) is 0. The third-order valence-corrected chi connectivity index (χ3v) is 0.877. The first-order valence-corrected chi connectivity index (χ1v) is 4.30. The quantitative estimate of drug-likeness (QED) is 0.393. The molecule has 0 amide bonds. The average Bonchev–Trinajstić information content (AvgIpc) is 1.89. The van der Waals surface area contributed by atoms with Crippen molar-refractivity contribution in [3.63, 3.8) is 0 Å². The second kappa shape index (κ2) is 8.23. The third kappa shape index (κ3) is 14.5. The van der Waals surface area contributed by atoms with Crippen LogP contribution in [0.4, 0.5) is 13.2 Å². The maximum atomic E-state index is 10.7. The lowest BCUT2D eigenvalue weighted by Gasteiger charge is -1.97. The summed E-state index contributed by atoms with van der Waals surface area (Å²) in [5, 5.41) is 2.75. The smallest absolute Gasteiger partial charge is 0.333 e. The number of alkyl halides is 3. The van der Waals surface area contributed by atoms with Gasteiger partial charge in [0.1, 0.15) is 0 Å². The molecule has 0 saturated carbocycles. The van der Waals surface area contributed by atoms with Gasteiger partial charge in [0, 0.05) is 0 Å². The van der Waals surface area contributed by atoms with Crippen molar-refractivity contribution < 1.29 is 26.1 Å². The fraction of sp³-hybridized carbons (Fsp3) is 1.00. The molecule has 0 atom stereocenters. The number of hydrogen-bond acceptors (Lipinski definition) is 4. The molecule has 0 aliphatic carbocycles. The van der Waals surface area contributed by atoms with Crippen LogP contribution in [0.15, 0.2) is 0 Å². The molecular formula is C4H13F3N2O3S. The van der Waals surface area contributed by atoms with Crippen LogP contribution in [0.2, 0.25) is 0 Å². The third-order valence-electron chi connectivity index (χ3n) is 0.292. The molecule has 0 heterocycles. The van der Waals surface area contributed by atoms with Crippen LogP contribution in [-0.4, -0.2) is 39.6 Å². The highest BCUT2D eigenvalue weighted by Crippen LogP contribution is 2.20. The van der Waals surface area contributed by atoms with Crippen LogP contribution in [0.3, 0.4) is 0 Å². The first-order chi connectivity index (χ1) is 5.66. The van der Waals surface area contributed by atoms with Crippen molar-refractivity contribution in [3.8, 4) is 0 Å². The molecule has 0 rings (SSSR count). The van der Waals surface area contributed by atoms with E-state index in [4.69, 9.17) is 13.0 Å². The summed E-state index contributed by atoms with van der Waals surface area (Å²) < 4.78 is 57.5. The molecule has 0 fully saturated rings. The minimum atomic E-state index is -5.84. The minimum absolute atomic E-state index is 1.50. The Morgan fingerprint density at radius 3 is 1.31 bits per heavy atom. The molecule has 9 heteroatoms. The zero-order chi connectivity index (χ0) is 11.7. The Hall–Kier alpha value is -0.380. The van der Waals surface area contributed by atoms with E-state index in [0.29, 0.717) is 0 Å². The summed E-state index contributed by atoms with van der Waals surface area (Å²) >= 11 is 0. The Morgan fingerprint density at radius 2 is 1.31 bits per heavy atom. The van der Waals surface area contributed by atoms with E-state index in [1.807, 2.05) is 14.1 Å². The molecule has 0 saturated heterocycles. The fourth-order valence-electron chi connectivity index (χ4n) is 0. The number of nitrogens with two attached hydrogens (primary N) is 1. The van der Waals surface area contributed by atoms with E-state index in [2.05, 4.69) is 11.1 Å². The second-order valence-electron chi connectivity index (χ2n) is 1.42. The highest BCUT2D eigenvalue weighted by molar-refractivity contribution is 7.86. The van der Waals surface area contributed by atoms with Crippen molar-refractivity contribution in [2.75, 3.05) is 21.1 Å². The normalized spacial score (nSPS) is 10.5. The summed E-state index contributed by atoms with van der Waals surface area (Å²) in [5.41, 5.74) is -1.03. The SMILES string of the molecule is CN.CNC.O=S(=O)(O)C(F)(F)F. The molecular weight excluding hydrogens is 213 g/mol. The molecule has 0 bridgehead atoms. The van der Waals surface area contributed by atoms with E-state index in [1.165, 1.54) is 7.05 Å². The Balaban J connectivity index is -0.000000169. The molecule has 0 aromatic carbocycles. The molecule has 0 aliphatic rings. The average molecular weight is 226 g/mol. The lowest BCUT2D eigenvalue weighted by Crippen LogP contribution is -2.21. The molecule has 13 heavy (non-hydrogen) atoms. The molecule has 0 aromatic rings.